The molecule has 3 heteroatoms. The third-order valence-corrected chi connectivity index (χ3v) is 1.34. The Hall–Kier alpha value is -0.120. The lowest BCUT2D eigenvalue weighted by atomic mass is 10.3. The van der Waals surface area contributed by atoms with E-state index in [0.29, 0.717) is 6.61 Å². The maximum absolute atomic E-state index is 8.71. The molecule has 2 N–H and O–H groups in total. The van der Waals surface area contributed by atoms with Gasteiger partial charge in [-0.25, -0.2) is 0 Å². The van der Waals surface area contributed by atoms with Gasteiger partial charge >= 0.3 is 0 Å². The van der Waals surface area contributed by atoms with Gasteiger partial charge in [0.2, 0.25) is 0 Å². The number of unbranched alkanes of at least 4 members (excludes halogenated alkanes) is 1. The Bertz CT molecular complexity index is 76.5. The normalized spacial score (nSPS) is 13.4. The number of rotatable bonds is 7. The zero-order valence-electron chi connectivity index (χ0n) is 7.47. The quantitative estimate of drug-likeness (QED) is 0.427. The lowest BCUT2D eigenvalue weighted by Gasteiger charge is -2.06. The van der Waals surface area contributed by atoms with E-state index in [2.05, 4.69) is 12.2 Å². The summed E-state index contributed by atoms with van der Waals surface area (Å²) in [5, 5.41) is 11.9. The van der Waals surface area contributed by atoms with E-state index in [1.165, 1.54) is 12.8 Å². The van der Waals surface area contributed by atoms with Crippen LogP contribution in [-0.2, 0) is 4.74 Å². The highest BCUT2D eigenvalue weighted by Crippen LogP contribution is 1.83. The second-order valence-corrected chi connectivity index (χ2v) is 2.57. The van der Waals surface area contributed by atoms with Gasteiger partial charge in [-0.15, -0.1) is 0 Å². The Balaban J connectivity index is 2.80. The average molecular weight is 161 g/mol. The Morgan fingerprint density at radius 1 is 1.45 bits per heavy atom. The minimum Gasteiger partial charge on any atom is -0.368 e. The molecule has 0 saturated carbocycles. The van der Waals surface area contributed by atoms with E-state index in [4.69, 9.17) is 9.84 Å². The van der Waals surface area contributed by atoms with Gasteiger partial charge in [0, 0.05) is 6.54 Å². The van der Waals surface area contributed by atoms with E-state index < -0.39 is 6.29 Å². The number of hydrogen-bond acceptors (Lipinski definition) is 3. The highest BCUT2D eigenvalue weighted by atomic mass is 16.6. The van der Waals surface area contributed by atoms with Crippen molar-refractivity contribution in [1.29, 1.82) is 0 Å². The lowest BCUT2D eigenvalue weighted by Crippen LogP contribution is -2.22. The van der Waals surface area contributed by atoms with Crippen LogP contribution < -0.4 is 5.32 Å². The summed E-state index contributed by atoms with van der Waals surface area (Å²) in [5.74, 6) is 0. The molecule has 0 aliphatic carbocycles. The molecule has 1 atom stereocenters. The topological polar surface area (TPSA) is 41.5 Å². The first kappa shape index (κ1) is 10.9. The molecule has 0 spiro atoms. The van der Waals surface area contributed by atoms with E-state index in [1.54, 1.807) is 6.92 Å². The van der Waals surface area contributed by atoms with Crippen LogP contribution in [0, 0.1) is 0 Å². The predicted molar refractivity (Wildman–Crippen MR) is 45.4 cm³/mol. The van der Waals surface area contributed by atoms with Gasteiger partial charge < -0.3 is 15.2 Å². The molecule has 1 unspecified atom stereocenters. The number of ether oxygens (including phenoxy) is 1. The fourth-order valence-electron chi connectivity index (χ4n) is 0.728. The van der Waals surface area contributed by atoms with Crippen molar-refractivity contribution in [2.24, 2.45) is 0 Å². The van der Waals surface area contributed by atoms with Crippen LogP contribution in [0.15, 0.2) is 0 Å². The molecule has 0 saturated heterocycles. The SMILES string of the molecule is CCCCNCCOC(C)O. The first-order valence-electron chi connectivity index (χ1n) is 4.27. The van der Waals surface area contributed by atoms with Gasteiger partial charge in [0.15, 0.2) is 6.29 Å². The van der Waals surface area contributed by atoms with E-state index in [0.717, 1.165) is 13.1 Å². The molecule has 0 amide bonds. The molecule has 0 radical (unpaired) electrons. The number of nitrogens with one attached hydrogen (secondary N) is 1. The Kier molecular flexibility index (Phi) is 7.89. The van der Waals surface area contributed by atoms with Gasteiger partial charge in [0.25, 0.3) is 0 Å². The van der Waals surface area contributed by atoms with E-state index in [-0.39, 0.29) is 0 Å². The van der Waals surface area contributed by atoms with Gasteiger partial charge in [-0.1, -0.05) is 13.3 Å². The predicted octanol–water partition coefficient (Wildman–Crippen LogP) is 0.731. The van der Waals surface area contributed by atoms with Gasteiger partial charge in [0.1, 0.15) is 0 Å². The van der Waals surface area contributed by atoms with Crippen molar-refractivity contribution in [3.05, 3.63) is 0 Å². The maximum atomic E-state index is 8.71. The zero-order valence-corrected chi connectivity index (χ0v) is 7.47. The molecular weight excluding hydrogens is 142 g/mol. The highest BCUT2D eigenvalue weighted by Gasteiger charge is 1.92. The fourth-order valence-corrected chi connectivity index (χ4v) is 0.728. The van der Waals surface area contributed by atoms with Crippen molar-refractivity contribution in [3.63, 3.8) is 0 Å². The molecule has 11 heavy (non-hydrogen) atoms. The molecule has 0 aliphatic heterocycles. The second kappa shape index (κ2) is 7.98. The lowest BCUT2D eigenvalue weighted by molar-refractivity contribution is -0.0834. The average Bonchev–Trinajstić information content (AvgIpc) is 1.96. The van der Waals surface area contributed by atoms with Crippen molar-refractivity contribution in [3.8, 4) is 0 Å². The molecule has 0 heterocycles. The Morgan fingerprint density at radius 3 is 2.73 bits per heavy atom. The minimum atomic E-state index is -0.636. The van der Waals surface area contributed by atoms with E-state index in [9.17, 15) is 0 Å². The standard InChI is InChI=1S/C8H19NO2/c1-3-4-5-9-6-7-11-8(2)10/h8-10H,3-7H2,1-2H3. The van der Waals surface area contributed by atoms with Crippen LogP contribution in [0.2, 0.25) is 0 Å². The molecule has 0 rings (SSSR count). The number of aliphatic hydroxyl groups excluding tert-OH is 1. The smallest absolute Gasteiger partial charge is 0.151 e. The van der Waals surface area contributed by atoms with Crippen LogP contribution >= 0.6 is 0 Å². The van der Waals surface area contributed by atoms with Crippen molar-refractivity contribution < 1.29 is 9.84 Å². The molecule has 0 aromatic carbocycles. The molecule has 3 nitrogen and oxygen atoms in total. The van der Waals surface area contributed by atoms with Crippen LogP contribution in [0.25, 0.3) is 0 Å². The molecule has 0 aromatic rings. The highest BCUT2D eigenvalue weighted by molar-refractivity contribution is 4.45. The van der Waals surface area contributed by atoms with Gasteiger partial charge in [-0.05, 0) is 19.9 Å². The van der Waals surface area contributed by atoms with Crippen LogP contribution in [0.1, 0.15) is 26.7 Å². The molecular formula is C8H19NO2. The Morgan fingerprint density at radius 2 is 2.18 bits per heavy atom. The molecule has 0 aromatic heterocycles. The molecule has 68 valence electrons. The third-order valence-electron chi connectivity index (χ3n) is 1.34. The maximum Gasteiger partial charge on any atom is 0.151 e. The summed E-state index contributed by atoms with van der Waals surface area (Å²) in [4.78, 5) is 0. The first-order chi connectivity index (χ1) is 5.27. The van der Waals surface area contributed by atoms with Crippen molar-refractivity contribution >= 4 is 0 Å². The summed E-state index contributed by atoms with van der Waals surface area (Å²) in [6.07, 6.45) is 1.78. The van der Waals surface area contributed by atoms with Gasteiger partial charge in [-0.2, -0.15) is 0 Å². The van der Waals surface area contributed by atoms with Crippen LogP contribution in [0.4, 0.5) is 0 Å². The van der Waals surface area contributed by atoms with Crippen molar-refractivity contribution in [2.75, 3.05) is 19.7 Å². The third kappa shape index (κ3) is 9.88. The fraction of sp³-hybridized carbons (Fsp3) is 1.00. The summed E-state index contributed by atoms with van der Waals surface area (Å²) < 4.78 is 4.92. The summed E-state index contributed by atoms with van der Waals surface area (Å²) in [7, 11) is 0. The molecule has 0 bridgehead atoms. The summed E-state index contributed by atoms with van der Waals surface area (Å²) >= 11 is 0. The largest absolute Gasteiger partial charge is 0.368 e. The number of hydrogen-bond donors (Lipinski definition) is 2. The number of aliphatic hydroxyl groups is 1. The van der Waals surface area contributed by atoms with Crippen LogP contribution in [-0.4, -0.2) is 31.1 Å². The van der Waals surface area contributed by atoms with Crippen LogP contribution in [0.3, 0.4) is 0 Å². The van der Waals surface area contributed by atoms with E-state index in [1.807, 2.05) is 0 Å². The summed E-state index contributed by atoms with van der Waals surface area (Å²) in [5.41, 5.74) is 0. The van der Waals surface area contributed by atoms with Gasteiger partial charge in [-0.3, -0.25) is 0 Å². The molecule has 0 aliphatic rings. The van der Waals surface area contributed by atoms with Crippen LogP contribution in [0.5, 0.6) is 0 Å². The Labute approximate surface area is 68.8 Å². The minimum absolute atomic E-state index is 0.585. The summed E-state index contributed by atoms with van der Waals surface area (Å²) in [6, 6.07) is 0. The van der Waals surface area contributed by atoms with Crippen molar-refractivity contribution in [2.45, 2.75) is 33.0 Å². The van der Waals surface area contributed by atoms with E-state index >= 15 is 0 Å². The monoisotopic (exact) mass is 161 g/mol. The summed E-state index contributed by atoms with van der Waals surface area (Å²) in [6.45, 7) is 6.23. The molecule has 0 fully saturated rings. The van der Waals surface area contributed by atoms with Crippen molar-refractivity contribution in [1.82, 2.24) is 5.32 Å². The first-order valence-corrected chi connectivity index (χ1v) is 4.27. The zero-order chi connectivity index (χ0) is 8.53. The van der Waals surface area contributed by atoms with Gasteiger partial charge in [0.05, 0.1) is 6.61 Å². The second-order valence-electron chi connectivity index (χ2n) is 2.57.